The van der Waals surface area contributed by atoms with Gasteiger partial charge in [-0.2, -0.15) is 0 Å². The fourth-order valence-corrected chi connectivity index (χ4v) is 3.54. The Balaban J connectivity index is 1.67. The number of carbonyl (C=O) groups is 2. The number of carbonyl (C=O) groups excluding carboxylic acids is 2. The van der Waals surface area contributed by atoms with Crippen molar-refractivity contribution < 1.29 is 9.59 Å². The molecule has 0 atom stereocenters. The zero-order valence-corrected chi connectivity index (χ0v) is 16.2. The van der Waals surface area contributed by atoms with Gasteiger partial charge in [0.25, 0.3) is 5.56 Å². The summed E-state index contributed by atoms with van der Waals surface area (Å²) in [7, 11) is 0. The molecule has 2 N–H and O–H groups in total. The maximum atomic E-state index is 12.4. The summed E-state index contributed by atoms with van der Waals surface area (Å²) in [5.41, 5.74) is 2.39. The van der Waals surface area contributed by atoms with Crippen LogP contribution in [0.2, 0.25) is 0 Å². The van der Waals surface area contributed by atoms with Gasteiger partial charge >= 0.3 is 0 Å². The van der Waals surface area contributed by atoms with E-state index < -0.39 is 0 Å². The number of benzene rings is 1. The number of rotatable bonds is 4. The number of hydrogen-bond donors (Lipinski definition) is 2. The molecule has 1 aliphatic heterocycles. The first-order chi connectivity index (χ1) is 12.8. The molecule has 1 aromatic heterocycles. The molecule has 1 saturated heterocycles. The maximum Gasteiger partial charge on any atom is 0.253 e. The number of aromatic amines is 1. The molecular weight excluding hydrogens is 342 g/mol. The minimum absolute atomic E-state index is 0.0476. The van der Waals surface area contributed by atoms with Gasteiger partial charge in [0, 0.05) is 43.6 Å². The minimum Gasteiger partial charge on any atom is -0.352 e. The first-order valence-corrected chi connectivity index (χ1v) is 9.54. The van der Waals surface area contributed by atoms with Crippen molar-refractivity contribution in [1.82, 2.24) is 15.2 Å². The summed E-state index contributed by atoms with van der Waals surface area (Å²) < 4.78 is 0. The topological polar surface area (TPSA) is 82.3 Å². The summed E-state index contributed by atoms with van der Waals surface area (Å²) in [5.74, 6) is 0.309. The van der Waals surface area contributed by atoms with E-state index in [4.69, 9.17) is 0 Å². The van der Waals surface area contributed by atoms with Crippen LogP contribution in [0.25, 0.3) is 10.9 Å². The number of pyridine rings is 1. The molecule has 2 amide bonds. The number of aromatic nitrogens is 1. The van der Waals surface area contributed by atoms with Crippen LogP contribution >= 0.6 is 0 Å². The van der Waals surface area contributed by atoms with Crippen LogP contribution in [0.1, 0.15) is 50.7 Å². The molecule has 3 rings (SSSR count). The van der Waals surface area contributed by atoms with E-state index in [9.17, 15) is 14.4 Å². The van der Waals surface area contributed by atoms with Gasteiger partial charge in [-0.3, -0.25) is 14.4 Å². The lowest BCUT2D eigenvalue weighted by Crippen LogP contribution is -2.42. The Bertz CT molecular complexity index is 909. The Hall–Kier alpha value is -2.63. The molecule has 6 nitrogen and oxygen atoms in total. The van der Waals surface area contributed by atoms with Crippen molar-refractivity contribution in [3.63, 3.8) is 0 Å². The molecule has 144 valence electrons. The van der Waals surface area contributed by atoms with Crippen LogP contribution in [0, 0.1) is 5.92 Å². The summed E-state index contributed by atoms with van der Waals surface area (Å²) in [5, 5.41) is 3.87. The first kappa shape index (κ1) is 19.1. The highest BCUT2D eigenvalue weighted by Gasteiger charge is 2.25. The van der Waals surface area contributed by atoms with Crippen molar-refractivity contribution in [2.75, 3.05) is 13.1 Å². The van der Waals surface area contributed by atoms with Gasteiger partial charge in [0.2, 0.25) is 11.8 Å². The normalized spacial score (nSPS) is 15.3. The molecular formula is C21H27N3O3. The summed E-state index contributed by atoms with van der Waals surface area (Å²) in [4.78, 5) is 40.8. The largest absolute Gasteiger partial charge is 0.352 e. The monoisotopic (exact) mass is 369 g/mol. The molecule has 2 aromatic rings. The second-order valence-corrected chi connectivity index (χ2v) is 7.62. The lowest BCUT2D eigenvalue weighted by atomic mass is 9.96. The molecule has 0 bridgehead atoms. The standard InChI is InChI=1S/C21H27N3O3/c1-13(2)16-4-5-19-17(10-16)11-18(21(27)23-19)12-22-20(26)15-6-8-24(9-7-15)14(3)25/h4-5,10-11,13,15H,6-9,12H2,1-3H3,(H,22,26)(H,23,27). The predicted molar refractivity (Wildman–Crippen MR) is 105 cm³/mol. The molecule has 0 radical (unpaired) electrons. The van der Waals surface area contributed by atoms with E-state index in [1.54, 1.807) is 11.8 Å². The van der Waals surface area contributed by atoms with Crippen LogP contribution in [0.4, 0.5) is 0 Å². The van der Waals surface area contributed by atoms with Crippen molar-refractivity contribution in [1.29, 1.82) is 0 Å². The second kappa shape index (κ2) is 7.94. The van der Waals surface area contributed by atoms with Gasteiger partial charge in [0.05, 0.1) is 0 Å². The number of hydrogen-bond acceptors (Lipinski definition) is 3. The highest BCUT2D eigenvalue weighted by Crippen LogP contribution is 2.20. The van der Waals surface area contributed by atoms with Crippen LogP contribution in [0.3, 0.4) is 0 Å². The number of nitrogens with one attached hydrogen (secondary N) is 2. The second-order valence-electron chi connectivity index (χ2n) is 7.62. The molecule has 6 heteroatoms. The number of nitrogens with zero attached hydrogens (tertiary/aromatic N) is 1. The van der Waals surface area contributed by atoms with Gasteiger partial charge in [-0.1, -0.05) is 19.9 Å². The Labute approximate surface area is 159 Å². The zero-order valence-electron chi connectivity index (χ0n) is 16.2. The number of likely N-dealkylation sites (tertiary alicyclic amines) is 1. The van der Waals surface area contributed by atoms with Gasteiger partial charge in [-0.15, -0.1) is 0 Å². The molecule has 0 spiro atoms. The Morgan fingerprint density at radius 1 is 1.22 bits per heavy atom. The molecule has 1 aromatic carbocycles. The molecule has 1 aliphatic rings. The van der Waals surface area contributed by atoms with E-state index in [1.807, 2.05) is 18.2 Å². The summed E-state index contributed by atoms with van der Waals surface area (Å²) in [6, 6.07) is 7.90. The number of fused-ring (bicyclic) bond motifs is 1. The van der Waals surface area contributed by atoms with Crippen LogP contribution in [-0.2, 0) is 16.1 Å². The van der Waals surface area contributed by atoms with E-state index in [0.717, 1.165) is 10.9 Å². The SMILES string of the molecule is CC(=O)N1CCC(C(=O)NCc2cc3cc(C(C)C)ccc3[nH]c2=O)CC1. The summed E-state index contributed by atoms with van der Waals surface area (Å²) in [6.45, 7) is 7.25. The maximum absolute atomic E-state index is 12.4. The van der Waals surface area contributed by atoms with Gasteiger partial charge in [-0.25, -0.2) is 0 Å². The third kappa shape index (κ3) is 4.38. The van der Waals surface area contributed by atoms with Crippen LogP contribution in [-0.4, -0.2) is 34.8 Å². The Morgan fingerprint density at radius 3 is 2.56 bits per heavy atom. The quantitative estimate of drug-likeness (QED) is 0.869. The predicted octanol–water partition coefficient (Wildman–Crippen LogP) is 2.53. The van der Waals surface area contributed by atoms with Gasteiger partial charge < -0.3 is 15.2 Å². The Morgan fingerprint density at radius 2 is 1.93 bits per heavy atom. The molecule has 2 heterocycles. The number of H-pyrrole nitrogens is 1. The fourth-order valence-electron chi connectivity index (χ4n) is 3.54. The van der Waals surface area contributed by atoms with E-state index in [0.29, 0.717) is 37.4 Å². The average molecular weight is 369 g/mol. The van der Waals surface area contributed by atoms with Crippen LogP contribution in [0.5, 0.6) is 0 Å². The third-order valence-corrected chi connectivity index (χ3v) is 5.38. The lowest BCUT2D eigenvalue weighted by Gasteiger charge is -2.30. The van der Waals surface area contributed by atoms with E-state index in [2.05, 4.69) is 30.2 Å². The van der Waals surface area contributed by atoms with Gasteiger partial charge in [-0.05, 0) is 47.9 Å². The minimum atomic E-state index is -0.175. The van der Waals surface area contributed by atoms with E-state index in [-0.39, 0.29) is 29.8 Å². The number of amides is 2. The van der Waals surface area contributed by atoms with Crippen molar-refractivity contribution in [3.05, 3.63) is 45.7 Å². The van der Waals surface area contributed by atoms with Gasteiger partial charge in [0.1, 0.15) is 0 Å². The van der Waals surface area contributed by atoms with Crippen LogP contribution < -0.4 is 10.9 Å². The summed E-state index contributed by atoms with van der Waals surface area (Å²) >= 11 is 0. The van der Waals surface area contributed by atoms with Crippen molar-refractivity contribution in [3.8, 4) is 0 Å². The zero-order chi connectivity index (χ0) is 19.6. The highest BCUT2D eigenvalue weighted by molar-refractivity contribution is 5.81. The average Bonchev–Trinajstić information content (AvgIpc) is 2.65. The van der Waals surface area contributed by atoms with Gasteiger partial charge in [0.15, 0.2) is 0 Å². The number of piperidine rings is 1. The molecule has 0 aliphatic carbocycles. The first-order valence-electron chi connectivity index (χ1n) is 9.54. The fraction of sp³-hybridized carbons (Fsp3) is 0.476. The van der Waals surface area contributed by atoms with Crippen LogP contribution in [0.15, 0.2) is 29.1 Å². The van der Waals surface area contributed by atoms with Crippen molar-refractivity contribution in [2.45, 2.75) is 46.1 Å². The van der Waals surface area contributed by atoms with E-state index >= 15 is 0 Å². The molecule has 0 unspecified atom stereocenters. The van der Waals surface area contributed by atoms with E-state index in [1.165, 1.54) is 5.56 Å². The van der Waals surface area contributed by atoms with Crippen molar-refractivity contribution >= 4 is 22.7 Å². The summed E-state index contributed by atoms with van der Waals surface area (Å²) in [6.07, 6.45) is 1.33. The molecule has 27 heavy (non-hydrogen) atoms. The lowest BCUT2D eigenvalue weighted by molar-refractivity contribution is -0.134. The molecule has 0 saturated carbocycles. The smallest absolute Gasteiger partial charge is 0.253 e. The molecule has 1 fully saturated rings. The highest BCUT2D eigenvalue weighted by atomic mass is 16.2. The third-order valence-electron chi connectivity index (χ3n) is 5.38. The Kier molecular flexibility index (Phi) is 5.63. The van der Waals surface area contributed by atoms with Crippen molar-refractivity contribution in [2.24, 2.45) is 5.92 Å².